The molecule has 15 heavy (non-hydrogen) atoms. The first kappa shape index (κ1) is 9.98. The summed E-state index contributed by atoms with van der Waals surface area (Å²) in [7, 11) is 0. The second-order valence-electron chi connectivity index (χ2n) is 4.08. The van der Waals surface area contributed by atoms with Crippen molar-refractivity contribution in [2.75, 3.05) is 11.9 Å². The monoisotopic (exact) mass is 207 g/mol. The van der Waals surface area contributed by atoms with E-state index in [4.69, 9.17) is 4.74 Å². The molecule has 0 spiro atoms. The highest BCUT2D eigenvalue weighted by Crippen LogP contribution is 2.37. The third-order valence-corrected chi connectivity index (χ3v) is 2.30. The second kappa shape index (κ2) is 3.24. The first-order valence-electron chi connectivity index (χ1n) is 4.77. The van der Waals surface area contributed by atoms with E-state index >= 15 is 0 Å². The predicted molar refractivity (Wildman–Crippen MR) is 55.8 cm³/mol. The van der Waals surface area contributed by atoms with Crippen LogP contribution < -0.4 is 10.1 Å². The first-order chi connectivity index (χ1) is 6.98. The van der Waals surface area contributed by atoms with Gasteiger partial charge < -0.3 is 15.2 Å². The van der Waals surface area contributed by atoms with E-state index in [2.05, 4.69) is 5.32 Å². The molecule has 0 radical (unpaired) electrons. The number of rotatable bonds is 1. The summed E-state index contributed by atoms with van der Waals surface area (Å²) in [6.45, 7) is 3.37. The van der Waals surface area contributed by atoms with E-state index in [1.165, 1.54) is 0 Å². The van der Waals surface area contributed by atoms with Gasteiger partial charge in [0.05, 0.1) is 11.3 Å². The molecule has 0 aliphatic carbocycles. The molecule has 1 heterocycles. The van der Waals surface area contributed by atoms with Crippen LogP contribution in [0.1, 0.15) is 19.4 Å². The number of para-hydroxylation sites is 1. The zero-order valence-electron chi connectivity index (χ0n) is 8.70. The minimum Gasteiger partial charge on any atom is -0.481 e. The van der Waals surface area contributed by atoms with Crippen LogP contribution in [0, 0.1) is 0 Å². The lowest BCUT2D eigenvalue weighted by Gasteiger charge is -2.26. The Kier molecular flexibility index (Phi) is 2.16. The van der Waals surface area contributed by atoms with Crippen LogP contribution in [-0.4, -0.2) is 17.6 Å². The lowest BCUT2D eigenvalue weighted by molar-refractivity contribution is -0.118. The molecule has 1 aromatic rings. The Labute approximate surface area is 87.9 Å². The van der Waals surface area contributed by atoms with Crippen molar-refractivity contribution in [1.29, 1.82) is 0 Å². The Morgan fingerprint density at radius 3 is 2.87 bits per heavy atom. The van der Waals surface area contributed by atoms with Crippen molar-refractivity contribution in [3.8, 4) is 5.75 Å². The second-order valence-corrected chi connectivity index (χ2v) is 4.08. The smallest absolute Gasteiger partial charge is 0.262 e. The van der Waals surface area contributed by atoms with Gasteiger partial charge in [-0.05, 0) is 19.9 Å². The molecule has 0 atom stereocenters. The number of anilines is 1. The van der Waals surface area contributed by atoms with Crippen LogP contribution in [0.2, 0.25) is 0 Å². The molecule has 0 fully saturated rings. The zero-order chi connectivity index (χ0) is 11.1. The van der Waals surface area contributed by atoms with E-state index in [1.54, 1.807) is 32.0 Å². The van der Waals surface area contributed by atoms with Crippen LogP contribution in [0.25, 0.3) is 0 Å². The van der Waals surface area contributed by atoms with E-state index in [0.29, 0.717) is 17.0 Å². The molecule has 0 saturated heterocycles. The highest BCUT2D eigenvalue weighted by atomic mass is 16.5. The average molecular weight is 207 g/mol. The Balaban J connectivity index is 2.51. The Hall–Kier alpha value is -1.55. The van der Waals surface area contributed by atoms with Crippen molar-refractivity contribution in [3.05, 3.63) is 23.8 Å². The fourth-order valence-corrected chi connectivity index (χ4v) is 1.60. The summed E-state index contributed by atoms with van der Waals surface area (Å²) < 4.78 is 5.32. The van der Waals surface area contributed by atoms with Gasteiger partial charge >= 0.3 is 0 Å². The summed E-state index contributed by atoms with van der Waals surface area (Å²) in [5, 5.41) is 12.6. The Morgan fingerprint density at radius 1 is 1.47 bits per heavy atom. The average Bonchev–Trinajstić information content (AvgIpc) is 2.15. The molecule has 1 aliphatic rings. The standard InChI is InChI=1S/C11H13NO3/c1-11(2,14)7-4-3-5-8-10(7)15-6-9(13)12-8/h3-5,14H,6H2,1-2H3,(H,12,13). The number of ether oxygens (including phenoxy) is 1. The molecule has 4 nitrogen and oxygen atoms in total. The van der Waals surface area contributed by atoms with Crippen molar-refractivity contribution < 1.29 is 14.6 Å². The van der Waals surface area contributed by atoms with Crippen molar-refractivity contribution in [2.45, 2.75) is 19.4 Å². The number of nitrogens with one attached hydrogen (secondary N) is 1. The molecule has 4 heteroatoms. The van der Waals surface area contributed by atoms with Gasteiger partial charge in [-0.1, -0.05) is 12.1 Å². The Bertz CT molecular complexity index is 407. The van der Waals surface area contributed by atoms with Gasteiger partial charge in [-0.2, -0.15) is 0 Å². The molecule has 0 unspecified atom stereocenters. The highest BCUT2D eigenvalue weighted by Gasteiger charge is 2.26. The van der Waals surface area contributed by atoms with E-state index in [0.717, 1.165) is 0 Å². The molecule has 2 N–H and O–H groups in total. The lowest BCUT2D eigenvalue weighted by atomic mass is 9.96. The largest absolute Gasteiger partial charge is 0.481 e. The number of carbonyl (C=O) groups excluding carboxylic acids is 1. The van der Waals surface area contributed by atoms with Gasteiger partial charge in [0.2, 0.25) is 0 Å². The fourth-order valence-electron chi connectivity index (χ4n) is 1.60. The molecule has 80 valence electrons. The Morgan fingerprint density at radius 2 is 2.20 bits per heavy atom. The van der Waals surface area contributed by atoms with Gasteiger partial charge in [0.15, 0.2) is 6.61 Å². The molecule has 1 aromatic carbocycles. The normalized spacial score (nSPS) is 15.3. The number of aliphatic hydroxyl groups is 1. The summed E-state index contributed by atoms with van der Waals surface area (Å²) >= 11 is 0. The summed E-state index contributed by atoms with van der Waals surface area (Å²) in [6, 6.07) is 5.32. The molecular weight excluding hydrogens is 194 g/mol. The highest BCUT2D eigenvalue weighted by molar-refractivity contribution is 5.95. The summed E-state index contributed by atoms with van der Waals surface area (Å²) in [5.74, 6) is 0.389. The molecule has 1 aliphatic heterocycles. The molecule has 0 bridgehead atoms. The number of amides is 1. The zero-order valence-corrected chi connectivity index (χ0v) is 8.70. The van der Waals surface area contributed by atoms with Gasteiger partial charge in [-0.3, -0.25) is 4.79 Å². The number of fused-ring (bicyclic) bond motifs is 1. The van der Waals surface area contributed by atoms with Crippen molar-refractivity contribution >= 4 is 11.6 Å². The summed E-state index contributed by atoms with van der Waals surface area (Å²) in [4.78, 5) is 11.1. The third-order valence-electron chi connectivity index (χ3n) is 2.30. The van der Waals surface area contributed by atoms with Crippen LogP contribution >= 0.6 is 0 Å². The number of hydrogen-bond acceptors (Lipinski definition) is 3. The van der Waals surface area contributed by atoms with Crippen LogP contribution in [-0.2, 0) is 10.4 Å². The van der Waals surface area contributed by atoms with Gasteiger partial charge in [-0.15, -0.1) is 0 Å². The van der Waals surface area contributed by atoms with E-state index < -0.39 is 5.60 Å². The molecule has 1 amide bonds. The van der Waals surface area contributed by atoms with Crippen molar-refractivity contribution in [2.24, 2.45) is 0 Å². The predicted octanol–water partition coefficient (Wildman–Crippen LogP) is 1.24. The van der Waals surface area contributed by atoms with Gasteiger partial charge in [-0.25, -0.2) is 0 Å². The van der Waals surface area contributed by atoms with Crippen LogP contribution in [0.5, 0.6) is 5.75 Å². The molecule has 0 aromatic heterocycles. The topological polar surface area (TPSA) is 58.6 Å². The van der Waals surface area contributed by atoms with Gasteiger partial charge in [0.25, 0.3) is 5.91 Å². The third kappa shape index (κ3) is 1.80. The molecular formula is C11H13NO3. The quantitative estimate of drug-likeness (QED) is 0.728. The van der Waals surface area contributed by atoms with Crippen LogP contribution in [0.3, 0.4) is 0 Å². The van der Waals surface area contributed by atoms with Crippen molar-refractivity contribution in [1.82, 2.24) is 0 Å². The van der Waals surface area contributed by atoms with Crippen LogP contribution in [0.15, 0.2) is 18.2 Å². The van der Waals surface area contributed by atoms with E-state index in [1.807, 2.05) is 0 Å². The van der Waals surface area contributed by atoms with E-state index in [9.17, 15) is 9.90 Å². The number of hydrogen-bond donors (Lipinski definition) is 2. The maximum atomic E-state index is 11.1. The number of carbonyl (C=O) groups is 1. The summed E-state index contributed by atoms with van der Waals surface area (Å²) in [5.41, 5.74) is 0.318. The minimum atomic E-state index is -0.979. The first-order valence-corrected chi connectivity index (χ1v) is 4.77. The maximum Gasteiger partial charge on any atom is 0.262 e. The summed E-state index contributed by atoms with van der Waals surface area (Å²) in [6.07, 6.45) is 0. The van der Waals surface area contributed by atoms with Crippen LogP contribution in [0.4, 0.5) is 5.69 Å². The van der Waals surface area contributed by atoms with Crippen molar-refractivity contribution in [3.63, 3.8) is 0 Å². The lowest BCUT2D eigenvalue weighted by Crippen LogP contribution is -2.28. The minimum absolute atomic E-state index is 0.0000926. The van der Waals surface area contributed by atoms with E-state index in [-0.39, 0.29) is 12.5 Å². The fraction of sp³-hybridized carbons (Fsp3) is 0.364. The molecule has 0 saturated carbocycles. The molecule has 2 rings (SSSR count). The number of benzene rings is 1. The SMILES string of the molecule is CC(C)(O)c1cccc2c1OCC(=O)N2. The van der Waals surface area contributed by atoms with Gasteiger partial charge in [0.1, 0.15) is 5.75 Å². The maximum absolute atomic E-state index is 11.1. The van der Waals surface area contributed by atoms with Gasteiger partial charge in [0, 0.05) is 5.56 Å².